The molecule has 0 radical (unpaired) electrons. The average molecular weight is 311 g/mol. The summed E-state index contributed by atoms with van der Waals surface area (Å²) in [5.41, 5.74) is 1.25. The van der Waals surface area contributed by atoms with E-state index < -0.39 is 12.7 Å². The largest absolute Gasteiger partial charge is 0.401 e. The summed E-state index contributed by atoms with van der Waals surface area (Å²) in [6.45, 7) is 2.33. The first-order valence-corrected chi connectivity index (χ1v) is 7.06. The summed E-state index contributed by atoms with van der Waals surface area (Å²) in [7, 11) is 0. The van der Waals surface area contributed by atoms with Gasteiger partial charge in [0.15, 0.2) is 5.65 Å². The van der Waals surface area contributed by atoms with Crippen molar-refractivity contribution in [1.29, 1.82) is 0 Å². The number of alkyl halides is 3. The van der Waals surface area contributed by atoms with E-state index in [1.165, 1.54) is 4.90 Å². The van der Waals surface area contributed by atoms with Crippen molar-refractivity contribution in [2.24, 2.45) is 0 Å². The molecular weight excluding hydrogens is 295 g/mol. The van der Waals surface area contributed by atoms with Crippen molar-refractivity contribution < 1.29 is 13.2 Å². The van der Waals surface area contributed by atoms with E-state index in [1.54, 1.807) is 19.3 Å². The SMILES string of the molecule is CC1CN(c2ccc3nccnc3n2)CCN1CC(F)(F)F. The van der Waals surface area contributed by atoms with Gasteiger partial charge in [0.2, 0.25) is 0 Å². The van der Waals surface area contributed by atoms with Crippen molar-refractivity contribution in [3.8, 4) is 0 Å². The highest BCUT2D eigenvalue weighted by Crippen LogP contribution is 2.23. The second-order valence-electron chi connectivity index (χ2n) is 5.45. The van der Waals surface area contributed by atoms with E-state index in [1.807, 2.05) is 17.0 Å². The van der Waals surface area contributed by atoms with Crippen molar-refractivity contribution in [2.45, 2.75) is 19.1 Å². The highest BCUT2D eigenvalue weighted by atomic mass is 19.4. The van der Waals surface area contributed by atoms with Crippen LogP contribution in [-0.4, -0.2) is 58.2 Å². The van der Waals surface area contributed by atoms with Crippen LogP contribution in [0.25, 0.3) is 11.2 Å². The molecule has 2 aromatic heterocycles. The van der Waals surface area contributed by atoms with Gasteiger partial charge in [0.25, 0.3) is 0 Å². The lowest BCUT2D eigenvalue weighted by atomic mass is 10.2. The predicted octanol–water partition coefficient (Wildman–Crippen LogP) is 2.10. The van der Waals surface area contributed by atoms with Gasteiger partial charge in [-0.1, -0.05) is 0 Å². The maximum absolute atomic E-state index is 12.5. The Balaban J connectivity index is 1.73. The predicted molar refractivity (Wildman–Crippen MR) is 76.6 cm³/mol. The van der Waals surface area contributed by atoms with E-state index in [2.05, 4.69) is 15.0 Å². The van der Waals surface area contributed by atoms with Crippen LogP contribution in [0.4, 0.5) is 19.0 Å². The number of pyridine rings is 1. The van der Waals surface area contributed by atoms with Crippen LogP contribution in [0.15, 0.2) is 24.5 Å². The molecule has 1 saturated heterocycles. The Morgan fingerprint density at radius 3 is 2.68 bits per heavy atom. The lowest BCUT2D eigenvalue weighted by Gasteiger charge is -2.40. The summed E-state index contributed by atoms with van der Waals surface area (Å²) in [5, 5.41) is 0. The first kappa shape index (κ1) is 15.0. The molecule has 1 unspecified atom stereocenters. The van der Waals surface area contributed by atoms with Crippen LogP contribution >= 0.6 is 0 Å². The van der Waals surface area contributed by atoms with E-state index in [0.717, 1.165) is 5.82 Å². The third kappa shape index (κ3) is 3.27. The van der Waals surface area contributed by atoms with Gasteiger partial charge >= 0.3 is 6.18 Å². The Morgan fingerprint density at radius 2 is 1.95 bits per heavy atom. The molecule has 0 amide bonds. The molecular formula is C14H16F3N5. The van der Waals surface area contributed by atoms with Crippen LogP contribution in [0.3, 0.4) is 0 Å². The molecule has 1 atom stereocenters. The highest BCUT2D eigenvalue weighted by Gasteiger charge is 2.35. The quantitative estimate of drug-likeness (QED) is 0.850. The second kappa shape index (κ2) is 5.68. The number of rotatable bonds is 2. The van der Waals surface area contributed by atoms with Crippen molar-refractivity contribution >= 4 is 17.0 Å². The van der Waals surface area contributed by atoms with Gasteiger partial charge in [0, 0.05) is 38.1 Å². The van der Waals surface area contributed by atoms with Gasteiger partial charge in [-0.05, 0) is 19.1 Å². The topological polar surface area (TPSA) is 45.2 Å². The van der Waals surface area contributed by atoms with Gasteiger partial charge in [-0.25, -0.2) is 9.97 Å². The van der Waals surface area contributed by atoms with Crippen LogP contribution in [-0.2, 0) is 0 Å². The highest BCUT2D eigenvalue weighted by molar-refractivity contribution is 5.71. The summed E-state index contributed by atoms with van der Waals surface area (Å²) >= 11 is 0. The number of aromatic nitrogens is 3. The Bertz CT molecular complexity index is 660. The summed E-state index contributed by atoms with van der Waals surface area (Å²) in [6.07, 6.45) is -0.988. The molecule has 2 aromatic rings. The molecule has 0 N–H and O–H groups in total. The molecule has 1 fully saturated rings. The first-order valence-electron chi connectivity index (χ1n) is 7.06. The number of piperazine rings is 1. The molecule has 1 aliphatic heterocycles. The zero-order valence-corrected chi connectivity index (χ0v) is 12.1. The van der Waals surface area contributed by atoms with Crippen molar-refractivity contribution in [3.63, 3.8) is 0 Å². The minimum absolute atomic E-state index is 0.185. The van der Waals surface area contributed by atoms with Gasteiger partial charge in [-0.2, -0.15) is 13.2 Å². The van der Waals surface area contributed by atoms with E-state index in [0.29, 0.717) is 30.8 Å². The van der Waals surface area contributed by atoms with E-state index >= 15 is 0 Å². The fourth-order valence-corrected chi connectivity index (χ4v) is 2.69. The van der Waals surface area contributed by atoms with Crippen LogP contribution < -0.4 is 4.90 Å². The molecule has 0 saturated carbocycles. The van der Waals surface area contributed by atoms with E-state index in [9.17, 15) is 13.2 Å². The maximum Gasteiger partial charge on any atom is 0.401 e. The maximum atomic E-state index is 12.5. The fourth-order valence-electron chi connectivity index (χ4n) is 2.69. The smallest absolute Gasteiger partial charge is 0.354 e. The van der Waals surface area contributed by atoms with Crippen molar-refractivity contribution in [1.82, 2.24) is 19.9 Å². The first-order chi connectivity index (χ1) is 10.4. The summed E-state index contributed by atoms with van der Waals surface area (Å²) in [6, 6.07) is 3.48. The second-order valence-corrected chi connectivity index (χ2v) is 5.45. The molecule has 1 aliphatic rings. The molecule has 0 aromatic carbocycles. The molecule has 3 rings (SSSR count). The third-order valence-corrected chi connectivity index (χ3v) is 3.79. The fraction of sp³-hybridized carbons (Fsp3) is 0.500. The number of nitrogens with zero attached hydrogens (tertiary/aromatic N) is 5. The molecule has 118 valence electrons. The number of hydrogen-bond donors (Lipinski definition) is 0. The summed E-state index contributed by atoms with van der Waals surface area (Å²) in [5.74, 6) is 0.728. The monoisotopic (exact) mass is 311 g/mol. The van der Waals surface area contributed by atoms with Gasteiger partial charge in [-0.3, -0.25) is 9.88 Å². The molecule has 5 nitrogen and oxygen atoms in total. The zero-order valence-electron chi connectivity index (χ0n) is 12.1. The minimum atomic E-state index is -4.16. The number of anilines is 1. The van der Waals surface area contributed by atoms with Crippen molar-refractivity contribution in [3.05, 3.63) is 24.5 Å². The van der Waals surface area contributed by atoms with Gasteiger partial charge in [-0.15, -0.1) is 0 Å². The van der Waals surface area contributed by atoms with Gasteiger partial charge in [0.1, 0.15) is 11.3 Å². The molecule has 22 heavy (non-hydrogen) atoms. The summed E-state index contributed by atoms with van der Waals surface area (Å²) in [4.78, 5) is 16.2. The molecule has 3 heterocycles. The lowest BCUT2D eigenvalue weighted by Crippen LogP contribution is -2.54. The van der Waals surface area contributed by atoms with Crippen LogP contribution in [0.1, 0.15) is 6.92 Å². The lowest BCUT2D eigenvalue weighted by molar-refractivity contribution is -0.150. The molecule has 8 heteroatoms. The third-order valence-electron chi connectivity index (χ3n) is 3.79. The molecule has 0 spiro atoms. The van der Waals surface area contributed by atoms with Crippen LogP contribution in [0.2, 0.25) is 0 Å². The standard InChI is InChI=1S/C14H16F3N5/c1-10-8-21(6-7-22(10)9-14(15,16)17)12-3-2-11-13(20-12)19-5-4-18-11/h2-5,10H,6-9H2,1H3. The average Bonchev–Trinajstić information content (AvgIpc) is 2.47. The number of fused-ring (bicyclic) bond motifs is 1. The van der Waals surface area contributed by atoms with E-state index in [4.69, 9.17) is 0 Å². The Labute approximate surface area is 125 Å². The van der Waals surface area contributed by atoms with E-state index in [-0.39, 0.29) is 6.04 Å². The Kier molecular flexibility index (Phi) is 3.86. The zero-order chi connectivity index (χ0) is 15.7. The van der Waals surface area contributed by atoms with Gasteiger partial charge < -0.3 is 4.90 Å². The summed E-state index contributed by atoms with van der Waals surface area (Å²) < 4.78 is 37.6. The number of hydrogen-bond acceptors (Lipinski definition) is 5. The van der Waals surface area contributed by atoms with Crippen molar-refractivity contribution in [2.75, 3.05) is 31.1 Å². The normalized spacial score (nSPS) is 20.5. The van der Waals surface area contributed by atoms with Crippen LogP contribution in [0.5, 0.6) is 0 Å². The van der Waals surface area contributed by atoms with Gasteiger partial charge in [0.05, 0.1) is 6.54 Å². The van der Waals surface area contributed by atoms with Crippen LogP contribution in [0, 0.1) is 0 Å². The molecule has 0 aliphatic carbocycles. The molecule has 0 bridgehead atoms. The Morgan fingerprint density at radius 1 is 1.18 bits per heavy atom. The minimum Gasteiger partial charge on any atom is -0.354 e. The Hall–Kier alpha value is -1.96. The number of halogens is 3.